The van der Waals surface area contributed by atoms with Crippen LogP contribution in [0.4, 0.5) is 17.6 Å². The molecule has 1 fully saturated rings. The fourth-order valence-corrected chi connectivity index (χ4v) is 2.51. The molecule has 0 amide bonds. The Morgan fingerprint density at radius 3 is 2.43 bits per heavy atom. The van der Waals surface area contributed by atoms with Crippen molar-refractivity contribution in [1.82, 2.24) is 5.32 Å². The van der Waals surface area contributed by atoms with Gasteiger partial charge in [-0.15, -0.1) is 0 Å². The van der Waals surface area contributed by atoms with Crippen LogP contribution in [0.15, 0.2) is 18.2 Å². The van der Waals surface area contributed by atoms with Crippen molar-refractivity contribution in [3.05, 3.63) is 35.1 Å². The van der Waals surface area contributed by atoms with Crippen LogP contribution in [0.5, 0.6) is 0 Å². The van der Waals surface area contributed by atoms with E-state index >= 15 is 0 Å². The average Bonchev–Trinajstić information content (AvgIpc) is 3.26. The van der Waals surface area contributed by atoms with Crippen molar-refractivity contribution in [1.29, 1.82) is 0 Å². The Balaban J connectivity index is 2.20. The summed E-state index contributed by atoms with van der Waals surface area (Å²) in [5, 5.41) is 3.14. The quantitative estimate of drug-likeness (QED) is 0.761. The molecule has 0 radical (unpaired) electrons. The van der Waals surface area contributed by atoms with Gasteiger partial charge in [-0.25, -0.2) is 4.39 Å². The molecule has 1 N–H and O–H groups in total. The van der Waals surface area contributed by atoms with E-state index in [9.17, 15) is 22.4 Å². The summed E-state index contributed by atoms with van der Waals surface area (Å²) in [6, 6.07) is 2.39. The maximum Gasteiger partial charge on any atom is 0.416 e. The summed E-state index contributed by atoms with van der Waals surface area (Å²) in [7, 11) is 0. The predicted molar refractivity (Wildman–Crippen MR) is 79.6 cm³/mol. The second-order valence-corrected chi connectivity index (χ2v) is 6.45. The first-order valence-electron chi connectivity index (χ1n) is 7.81. The third kappa shape index (κ3) is 4.77. The zero-order chi connectivity index (χ0) is 17.2. The molecule has 0 aromatic heterocycles. The number of hydrogen-bond donors (Lipinski definition) is 1. The molecule has 0 heterocycles. The monoisotopic (exact) mass is 331 g/mol. The van der Waals surface area contributed by atoms with E-state index in [-0.39, 0.29) is 23.8 Å². The van der Waals surface area contributed by atoms with E-state index in [1.54, 1.807) is 13.8 Å². The molecule has 1 atom stereocenters. The molecule has 1 aliphatic carbocycles. The van der Waals surface area contributed by atoms with Crippen LogP contribution in [-0.4, -0.2) is 18.9 Å². The second-order valence-electron chi connectivity index (χ2n) is 6.45. The second kappa shape index (κ2) is 6.99. The molecule has 2 nitrogen and oxygen atoms in total. The number of ketones is 1. The van der Waals surface area contributed by atoms with Crippen molar-refractivity contribution in [2.75, 3.05) is 13.1 Å². The smallest absolute Gasteiger partial charge is 0.315 e. The number of benzene rings is 1. The molecule has 1 aromatic carbocycles. The molecule has 0 spiro atoms. The van der Waals surface area contributed by atoms with E-state index in [1.807, 2.05) is 0 Å². The lowest BCUT2D eigenvalue weighted by Crippen LogP contribution is -2.31. The third-order valence-electron chi connectivity index (χ3n) is 4.09. The van der Waals surface area contributed by atoms with Crippen LogP contribution in [0.2, 0.25) is 0 Å². The molecule has 128 valence electrons. The van der Waals surface area contributed by atoms with Gasteiger partial charge in [0.25, 0.3) is 0 Å². The molecular weight excluding hydrogens is 310 g/mol. The van der Waals surface area contributed by atoms with Gasteiger partial charge in [-0.05, 0) is 43.0 Å². The minimum atomic E-state index is -4.60. The summed E-state index contributed by atoms with van der Waals surface area (Å²) in [5.41, 5.74) is -1.01. The molecule has 2 rings (SSSR count). The molecule has 0 unspecified atom stereocenters. The molecule has 6 heteroatoms. The molecular formula is C17H21F4NO. The van der Waals surface area contributed by atoms with Crippen LogP contribution in [-0.2, 0) is 11.0 Å². The van der Waals surface area contributed by atoms with Gasteiger partial charge in [-0.2, -0.15) is 13.2 Å². The van der Waals surface area contributed by atoms with E-state index < -0.39 is 23.5 Å². The normalized spacial score (nSPS) is 16.7. The molecule has 1 aromatic rings. The minimum Gasteiger partial charge on any atom is -0.315 e. The summed E-state index contributed by atoms with van der Waals surface area (Å²) >= 11 is 0. The zero-order valence-electron chi connectivity index (χ0n) is 13.2. The summed E-state index contributed by atoms with van der Waals surface area (Å²) in [6.07, 6.45) is -2.31. The Bertz CT molecular complexity index is 564. The number of carbonyl (C=O) groups excluding carboxylic acids is 1. The van der Waals surface area contributed by atoms with Gasteiger partial charge in [-0.1, -0.05) is 19.9 Å². The summed E-state index contributed by atoms with van der Waals surface area (Å²) in [6.45, 7) is 4.41. The number of carbonyl (C=O) groups is 1. The Morgan fingerprint density at radius 1 is 1.30 bits per heavy atom. The van der Waals surface area contributed by atoms with E-state index in [2.05, 4.69) is 5.32 Å². The highest BCUT2D eigenvalue weighted by Crippen LogP contribution is 2.33. The number of Topliss-reactive ketones (excluding diaryl/α,β-unsaturated/α-hetero) is 1. The largest absolute Gasteiger partial charge is 0.416 e. The topological polar surface area (TPSA) is 29.1 Å². The van der Waals surface area contributed by atoms with Crippen molar-refractivity contribution in [2.24, 2.45) is 11.8 Å². The number of hydrogen-bond acceptors (Lipinski definition) is 2. The summed E-state index contributed by atoms with van der Waals surface area (Å²) < 4.78 is 52.1. The Hall–Kier alpha value is -1.43. The van der Waals surface area contributed by atoms with Crippen molar-refractivity contribution < 1.29 is 22.4 Å². The van der Waals surface area contributed by atoms with Gasteiger partial charge in [0.05, 0.1) is 11.5 Å². The molecule has 1 saturated carbocycles. The fraction of sp³-hybridized carbons (Fsp3) is 0.588. The third-order valence-corrected chi connectivity index (χ3v) is 4.09. The fourth-order valence-electron chi connectivity index (χ4n) is 2.51. The van der Waals surface area contributed by atoms with Crippen molar-refractivity contribution in [2.45, 2.75) is 38.8 Å². The summed E-state index contributed by atoms with van der Waals surface area (Å²) in [5.74, 6) is -1.64. The average molecular weight is 331 g/mol. The van der Waals surface area contributed by atoms with Gasteiger partial charge in [-0.3, -0.25) is 4.79 Å². The highest BCUT2D eigenvalue weighted by atomic mass is 19.4. The zero-order valence-corrected chi connectivity index (χ0v) is 13.2. The van der Waals surface area contributed by atoms with E-state index in [0.717, 1.165) is 31.5 Å². The van der Waals surface area contributed by atoms with Gasteiger partial charge < -0.3 is 5.32 Å². The van der Waals surface area contributed by atoms with Gasteiger partial charge in [0.2, 0.25) is 0 Å². The molecule has 23 heavy (non-hydrogen) atoms. The van der Waals surface area contributed by atoms with Gasteiger partial charge in [0, 0.05) is 12.5 Å². The Morgan fingerprint density at radius 2 is 1.96 bits per heavy atom. The number of alkyl halides is 3. The van der Waals surface area contributed by atoms with Crippen LogP contribution in [0.25, 0.3) is 0 Å². The molecule has 0 saturated heterocycles. The lowest BCUT2D eigenvalue weighted by atomic mass is 9.88. The van der Waals surface area contributed by atoms with Gasteiger partial charge >= 0.3 is 6.18 Å². The molecule has 0 aliphatic heterocycles. The van der Waals surface area contributed by atoms with Crippen molar-refractivity contribution in [3.63, 3.8) is 0 Å². The van der Waals surface area contributed by atoms with E-state index in [4.69, 9.17) is 0 Å². The van der Waals surface area contributed by atoms with Crippen molar-refractivity contribution in [3.8, 4) is 0 Å². The molecule has 1 aliphatic rings. The summed E-state index contributed by atoms with van der Waals surface area (Å²) in [4.78, 5) is 12.3. The highest BCUT2D eigenvalue weighted by Gasteiger charge is 2.33. The number of rotatable bonds is 7. The van der Waals surface area contributed by atoms with Crippen LogP contribution >= 0.6 is 0 Å². The van der Waals surface area contributed by atoms with Gasteiger partial charge in [0.1, 0.15) is 11.6 Å². The van der Waals surface area contributed by atoms with Crippen molar-refractivity contribution >= 4 is 5.78 Å². The first-order chi connectivity index (χ1) is 10.7. The first kappa shape index (κ1) is 17.9. The first-order valence-corrected chi connectivity index (χ1v) is 7.81. The van der Waals surface area contributed by atoms with E-state index in [1.165, 1.54) is 0 Å². The van der Waals surface area contributed by atoms with Crippen LogP contribution < -0.4 is 5.32 Å². The van der Waals surface area contributed by atoms with Gasteiger partial charge in [0.15, 0.2) is 0 Å². The number of nitrogens with one attached hydrogen (secondary N) is 1. The lowest BCUT2D eigenvalue weighted by Gasteiger charge is -2.20. The van der Waals surface area contributed by atoms with E-state index in [0.29, 0.717) is 12.0 Å². The molecule has 0 bridgehead atoms. The lowest BCUT2D eigenvalue weighted by molar-refractivity contribution is -0.137. The van der Waals surface area contributed by atoms with Crippen LogP contribution in [0, 0.1) is 17.7 Å². The predicted octanol–water partition coefficient (Wildman–Crippen LogP) is 4.15. The SMILES string of the molecule is CC(C)C(=O)[C@H](CNCC1CC1)c1ccc(C(F)(F)F)cc1F. The Kier molecular flexibility index (Phi) is 5.45. The number of halogens is 4. The highest BCUT2D eigenvalue weighted by molar-refractivity contribution is 5.87. The van der Waals surface area contributed by atoms with Crippen LogP contribution in [0.3, 0.4) is 0 Å². The standard InChI is InChI=1S/C17H21F4NO/c1-10(2)16(23)14(9-22-8-11-3-4-11)13-6-5-12(7-15(13)18)17(19,20)21/h5-7,10-11,14,22H,3-4,8-9H2,1-2H3/t14-/m1/s1. The maximum absolute atomic E-state index is 14.2. The Labute approximate surface area is 133 Å². The maximum atomic E-state index is 14.2. The van der Waals surface area contributed by atoms with Crippen LogP contribution in [0.1, 0.15) is 43.7 Å². The minimum absolute atomic E-state index is 0.0278.